The van der Waals surface area contributed by atoms with Gasteiger partial charge in [-0.05, 0) is 32.4 Å². The molecule has 2 heterocycles. The summed E-state index contributed by atoms with van der Waals surface area (Å²) in [6, 6.07) is 0.587. The molecule has 0 spiro atoms. The Morgan fingerprint density at radius 2 is 2.16 bits per heavy atom. The first-order valence-electron chi connectivity index (χ1n) is 6.89. The van der Waals surface area contributed by atoms with Gasteiger partial charge in [0.25, 0.3) is 0 Å². The fourth-order valence-electron chi connectivity index (χ4n) is 2.65. The van der Waals surface area contributed by atoms with Crippen molar-refractivity contribution in [3.05, 3.63) is 11.9 Å². The second kappa shape index (κ2) is 6.16. The number of hydrogen-bond donors (Lipinski definition) is 3. The van der Waals surface area contributed by atoms with Gasteiger partial charge >= 0.3 is 0 Å². The fourth-order valence-corrected chi connectivity index (χ4v) is 2.65. The highest BCUT2D eigenvalue weighted by Crippen LogP contribution is 2.28. The van der Waals surface area contributed by atoms with Crippen molar-refractivity contribution in [1.29, 1.82) is 0 Å². The van der Waals surface area contributed by atoms with Crippen LogP contribution in [0.15, 0.2) is 6.33 Å². The van der Waals surface area contributed by atoms with Crippen molar-refractivity contribution in [3.63, 3.8) is 0 Å². The monoisotopic (exact) mass is 264 g/mol. The quantitative estimate of drug-likeness (QED) is 0.551. The van der Waals surface area contributed by atoms with Crippen molar-refractivity contribution >= 4 is 11.6 Å². The Morgan fingerprint density at radius 3 is 2.74 bits per heavy atom. The molecule has 0 bridgehead atoms. The van der Waals surface area contributed by atoms with Crippen LogP contribution in [0, 0.1) is 0 Å². The highest BCUT2D eigenvalue weighted by molar-refractivity contribution is 5.58. The molecule has 2 rings (SSSR count). The molecule has 6 nitrogen and oxygen atoms in total. The molecule has 106 valence electrons. The average Bonchev–Trinajstić information content (AvgIpc) is 2.81. The zero-order valence-electron chi connectivity index (χ0n) is 12.0. The van der Waals surface area contributed by atoms with E-state index in [2.05, 4.69) is 46.5 Å². The lowest BCUT2D eigenvalue weighted by atomic mass is 10.0. The highest BCUT2D eigenvalue weighted by atomic mass is 15.3. The minimum Gasteiger partial charge on any atom is -0.368 e. The number of aromatic nitrogens is 2. The number of nitrogen functional groups attached to an aromatic ring is 1. The van der Waals surface area contributed by atoms with E-state index in [4.69, 9.17) is 5.84 Å². The minimum absolute atomic E-state index is 0.316. The van der Waals surface area contributed by atoms with E-state index in [9.17, 15) is 0 Å². The molecule has 0 aliphatic carbocycles. The predicted octanol–water partition coefficient (Wildman–Crippen LogP) is 1.39. The second-order valence-electron chi connectivity index (χ2n) is 5.44. The first kappa shape index (κ1) is 14.0. The van der Waals surface area contributed by atoms with Crippen molar-refractivity contribution in [2.24, 2.45) is 5.84 Å². The Hall–Kier alpha value is -1.40. The van der Waals surface area contributed by atoms with Crippen LogP contribution in [-0.4, -0.2) is 41.0 Å². The number of anilines is 2. The molecular formula is C13H24N6. The Bertz CT molecular complexity index is 420. The van der Waals surface area contributed by atoms with Crippen LogP contribution in [-0.2, 0) is 0 Å². The third-order valence-electron chi connectivity index (χ3n) is 3.77. The molecule has 1 fully saturated rings. The van der Waals surface area contributed by atoms with E-state index in [1.807, 2.05) is 0 Å². The number of rotatable bonds is 5. The summed E-state index contributed by atoms with van der Waals surface area (Å²) in [5.41, 5.74) is 3.70. The molecule has 4 N–H and O–H groups in total. The number of nitrogens with one attached hydrogen (secondary N) is 2. The summed E-state index contributed by atoms with van der Waals surface area (Å²) in [5, 5.41) is 3.45. The standard InChI is InChI=1S/C13H24N6/c1-9(2)11-12(16-8-17-13(11)18-14)15-7-10-5-4-6-19(10)3/h8-10H,4-7,14H2,1-3H3,(H2,15,16,17,18). The van der Waals surface area contributed by atoms with Gasteiger partial charge in [0.2, 0.25) is 0 Å². The summed E-state index contributed by atoms with van der Waals surface area (Å²) >= 11 is 0. The third-order valence-corrected chi connectivity index (χ3v) is 3.77. The van der Waals surface area contributed by atoms with Crippen LogP contribution in [0.1, 0.15) is 38.2 Å². The predicted molar refractivity (Wildman–Crippen MR) is 78.1 cm³/mol. The summed E-state index contributed by atoms with van der Waals surface area (Å²) < 4.78 is 0. The molecule has 1 unspecified atom stereocenters. The molecule has 1 aliphatic rings. The number of likely N-dealkylation sites (tertiary alicyclic amines) is 1. The van der Waals surface area contributed by atoms with Crippen LogP contribution in [0.5, 0.6) is 0 Å². The Morgan fingerprint density at radius 1 is 1.42 bits per heavy atom. The largest absolute Gasteiger partial charge is 0.368 e. The van der Waals surface area contributed by atoms with Crippen molar-refractivity contribution < 1.29 is 0 Å². The van der Waals surface area contributed by atoms with Crippen LogP contribution < -0.4 is 16.6 Å². The number of hydrazine groups is 1. The van der Waals surface area contributed by atoms with E-state index in [1.54, 1.807) is 6.33 Å². The normalized spacial score (nSPS) is 19.9. The van der Waals surface area contributed by atoms with Gasteiger partial charge in [0.05, 0.1) is 0 Å². The number of nitrogens with zero attached hydrogens (tertiary/aromatic N) is 3. The smallest absolute Gasteiger partial charge is 0.148 e. The number of nitrogens with two attached hydrogens (primary N) is 1. The van der Waals surface area contributed by atoms with Gasteiger partial charge in [0.15, 0.2) is 0 Å². The van der Waals surface area contributed by atoms with Crippen LogP contribution in [0.2, 0.25) is 0 Å². The van der Waals surface area contributed by atoms with Crippen LogP contribution in [0.25, 0.3) is 0 Å². The number of hydrogen-bond acceptors (Lipinski definition) is 6. The summed E-state index contributed by atoms with van der Waals surface area (Å²) in [6.45, 7) is 6.33. The minimum atomic E-state index is 0.316. The van der Waals surface area contributed by atoms with Crippen molar-refractivity contribution in [1.82, 2.24) is 14.9 Å². The summed E-state index contributed by atoms with van der Waals surface area (Å²) in [7, 11) is 2.18. The molecule has 0 aromatic carbocycles. The molecule has 1 atom stereocenters. The molecule has 1 saturated heterocycles. The van der Waals surface area contributed by atoms with Gasteiger partial charge in [-0.25, -0.2) is 15.8 Å². The van der Waals surface area contributed by atoms with Gasteiger partial charge in [0.1, 0.15) is 18.0 Å². The van der Waals surface area contributed by atoms with E-state index in [-0.39, 0.29) is 0 Å². The zero-order valence-corrected chi connectivity index (χ0v) is 12.0. The first-order chi connectivity index (χ1) is 9.13. The van der Waals surface area contributed by atoms with Crippen molar-refractivity contribution in [2.75, 3.05) is 30.9 Å². The fraction of sp³-hybridized carbons (Fsp3) is 0.692. The zero-order chi connectivity index (χ0) is 13.8. The molecule has 0 radical (unpaired) electrons. The summed E-state index contributed by atoms with van der Waals surface area (Å²) in [4.78, 5) is 10.9. The van der Waals surface area contributed by atoms with E-state index >= 15 is 0 Å². The lowest BCUT2D eigenvalue weighted by Crippen LogP contribution is -2.32. The third kappa shape index (κ3) is 3.13. The van der Waals surface area contributed by atoms with Crippen LogP contribution in [0.4, 0.5) is 11.6 Å². The Labute approximate surface area is 114 Å². The summed E-state index contributed by atoms with van der Waals surface area (Å²) in [6.07, 6.45) is 4.06. The maximum absolute atomic E-state index is 5.52. The molecule has 0 amide bonds. The molecule has 0 saturated carbocycles. The van der Waals surface area contributed by atoms with Gasteiger partial charge in [0, 0.05) is 18.2 Å². The van der Waals surface area contributed by atoms with Gasteiger partial charge in [-0.3, -0.25) is 0 Å². The van der Waals surface area contributed by atoms with Gasteiger partial charge in [-0.2, -0.15) is 0 Å². The molecule has 1 aromatic heterocycles. The second-order valence-corrected chi connectivity index (χ2v) is 5.44. The highest BCUT2D eigenvalue weighted by Gasteiger charge is 2.21. The lowest BCUT2D eigenvalue weighted by molar-refractivity contribution is 0.322. The average molecular weight is 264 g/mol. The molecule has 1 aromatic rings. The van der Waals surface area contributed by atoms with Crippen LogP contribution >= 0.6 is 0 Å². The van der Waals surface area contributed by atoms with Crippen molar-refractivity contribution in [3.8, 4) is 0 Å². The van der Waals surface area contributed by atoms with E-state index in [0.717, 1.165) is 17.9 Å². The van der Waals surface area contributed by atoms with E-state index in [1.165, 1.54) is 19.4 Å². The van der Waals surface area contributed by atoms with Gasteiger partial charge < -0.3 is 15.6 Å². The first-order valence-corrected chi connectivity index (χ1v) is 6.89. The SMILES string of the molecule is CC(C)c1c(NN)ncnc1NCC1CCCN1C. The lowest BCUT2D eigenvalue weighted by Gasteiger charge is -2.22. The van der Waals surface area contributed by atoms with Gasteiger partial charge in [-0.15, -0.1) is 0 Å². The van der Waals surface area contributed by atoms with Gasteiger partial charge in [-0.1, -0.05) is 13.8 Å². The van der Waals surface area contributed by atoms with E-state index < -0.39 is 0 Å². The summed E-state index contributed by atoms with van der Waals surface area (Å²) in [5.74, 6) is 7.43. The molecule has 19 heavy (non-hydrogen) atoms. The Kier molecular flexibility index (Phi) is 4.55. The van der Waals surface area contributed by atoms with Crippen molar-refractivity contribution in [2.45, 2.75) is 38.6 Å². The van der Waals surface area contributed by atoms with Crippen LogP contribution in [0.3, 0.4) is 0 Å². The molecule has 1 aliphatic heterocycles. The molecule has 6 heteroatoms. The maximum Gasteiger partial charge on any atom is 0.148 e. The number of likely N-dealkylation sites (N-methyl/N-ethyl adjacent to an activating group) is 1. The maximum atomic E-state index is 5.52. The molecular weight excluding hydrogens is 240 g/mol. The van der Waals surface area contributed by atoms with E-state index in [0.29, 0.717) is 17.8 Å². The Balaban J connectivity index is 2.11. The topological polar surface area (TPSA) is 79.1 Å².